The Hall–Kier alpha value is -4.94. The van der Waals surface area contributed by atoms with Crippen molar-refractivity contribution in [3.63, 3.8) is 0 Å². The molecule has 6 rings (SSSR count). The molecule has 3 aromatic carbocycles. The predicted octanol–water partition coefficient (Wildman–Crippen LogP) is 6.91. The quantitative estimate of drug-likeness (QED) is 0.123. The number of alkyl halides is 3. The Kier molecular flexibility index (Phi) is 10.0. The number of hydrogen-bond donors (Lipinski definition) is 0. The number of hydrogen-bond acceptors (Lipinski definition) is 7. The molecule has 49 heavy (non-hydrogen) atoms. The third-order valence-corrected chi connectivity index (χ3v) is 9.37. The van der Waals surface area contributed by atoms with Crippen LogP contribution in [0.25, 0.3) is 23.4 Å². The number of ketones is 1. The van der Waals surface area contributed by atoms with Crippen LogP contribution in [0.4, 0.5) is 18.9 Å². The fraction of sp³-hybridized carbons (Fsp3) is 0.243. The van der Waals surface area contributed by atoms with E-state index in [0.29, 0.717) is 28.8 Å². The number of allylic oxidation sites excluding steroid dienone is 1. The molecule has 256 valence electrons. The van der Waals surface area contributed by atoms with Crippen molar-refractivity contribution in [2.75, 3.05) is 26.2 Å². The Balaban J connectivity index is 0.000000523. The lowest BCUT2D eigenvalue weighted by Crippen LogP contribution is -2.35. The Bertz CT molecular complexity index is 2090. The van der Waals surface area contributed by atoms with Crippen LogP contribution in [0.15, 0.2) is 79.0 Å². The number of carbonyl (C=O) groups is 1. The number of benzene rings is 3. The van der Waals surface area contributed by atoms with Gasteiger partial charge in [0.25, 0.3) is 11.5 Å². The Morgan fingerprint density at radius 2 is 1.53 bits per heavy atom. The van der Waals surface area contributed by atoms with Gasteiger partial charge in [-0.2, -0.15) is 17.7 Å². The van der Waals surface area contributed by atoms with Crippen LogP contribution in [0.1, 0.15) is 57.2 Å². The molecule has 1 unspecified atom stereocenters. The van der Waals surface area contributed by atoms with Crippen LogP contribution in [-0.2, 0) is 16.5 Å². The number of ether oxygens (including phenoxy) is 2. The number of anilines is 1. The second kappa shape index (κ2) is 13.9. The van der Waals surface area contributed by atoms with Crippen molar-refractivity contribution in [1.82, 2.24) is 0 Å². The maximum Gasteiger partial charge on any atom is 0.485 e. The van der Waals surface area contributed by atoms with E-state index in [2.05, 4.69) is 55.3 Å². The summed E-state index contributed by atoms with van der Waals surface area (Å²) in [6.45, 7) is 4.30. The van der Waals surface area contributed by atoms with E-state index >= 15 is 0 Å². The topological polar surface area (TPSA) is 99.8 Å². The van der Waals surface area contributed by atoms with Gasteiger partial charge in [-0.15, -0.1) is 0 Å². The molecule has 12 heteroatoms. The van der Waals surface area contributed by atoms with Crippen molar-refractivity contribution in [2.24, 2.45) is 0 Å². The number of carbonyl (C=O) groups excluding carboxylic acids is 1. The molecule has 2 aliphatic heterocycles. The summed E-state index contributed by atoms with van der Waals surface area (Å²) >= 11 is 0. The minimum atomic E-state index is -6.09. The zero-order valence-electron chi connectivity index (χ0n) is 27.5. The molecule has 1 atom stereocenters. The van der Waals surface area contributed by atoms with Crippen molar-refractivity contribution in [2.45, 2.75) is 38.2 Å². The summed E-state index contributed by atoms with van der Waals surface area (Å²) in [5.41, 5.74) is 3.80. The number of rotatable bonds is 6. The molecule has 0 bridgehead atoms. The Morgan fingerprint density at radius 3 is 2.14 bits per heavy atom. The van der Waals surface area contributed by atoms with E-state index in [1.807, 2.05) is 66.2 Å². The molecule has 0 saturated carbocycles. The molecule has 2 aliphatic rings. The van der Waals surface area contributed by atoms with Crippen molar-refractivity contribution in [1.29, 1.82) is 0 Å². The van der Waals surface area contributed by atoms with E-state index in [4.69, 9.17) is 22.4 Å². The molecule has 0 radical (unpaired) electrons. The van der Waals surface area contributed by atoms with Crippen LogP contribution >= 0.6 is 0 Å². The first kappa shape index (κ1) is 35.4. The Morgan fingerprint density at radius 1 is 0.939 bits per heavy atom. The first-order chi connectivity index (χ1) is 23.2. The number of fused-ring (bicyclic) bond motifs is 2. The van der Waals surface area contributed by atoms with Gasteiger partial charge in [-0.3, -0.25) is 4.79 Å². The summed E-state index contributed by atoms with van der Waals surface area (Å²) in [4.78, 5) is 16.7. The van der Waals surface area contributed by atoms with E-state index in [1.165, 1.54) is 11.3 Å². The fourth-order valence-corrected chi connectivity index (χ4v) is 6.11. The van der Waals surface area contributed by atoms with Gasteiger partial charge in [0.2, 0.25) is 5.70 Å². The van der Waals surface area contributed by atoms with E-state index < -0.39 is 15.6 Å². The van der Waals surface area contributed by atoms with Crippen LogP contribution in [-0.4, -0.2) is 51.6 Å². The molecule has 0 N–H and O–H groups in total. The van der Waals surface area contributed by atoms with E-state index in [-0.39, 0.29) is 5.78 Å². The number of pyridine rings is 1. The van der Waals surface area contributed by atoms with E-state index in [0.717, 1.165) is 46.4 Å². The maximum absolute atomic E-state index is 14.3. The summed E-state index contributed by atoms with van der Waals surface area (Å²) in [6.07, 6.45) is 8.51. The van der Waals surface area contributed by atoms with Crippen LogP contribution in [0, 0.1) is 6.92 Å². The predicted molar refractivity (Wildman–Crippen MR) is 181 cm³/mol. The molecule has 0 aliphatic carbocycles. The highest BCUT2D eigenvalue weighted by molar-refractivity contribution is 7.86. The van der Waals surface area contributed by atoms with Crippen LogP contribution < -0.4 is 18.9 Å². The molecule has 0 fully saturated rings. The minimum absolute atomic E-state index is 0.0332. The fourth-order valence-electron chi connectivity index (χ4n) is 6.11. The Labute approximate surface area is 283 Å². The van der Waals surface area contributed by atoms with Gasteiger partial charge < -0.3 is 18.9 Å². The standard InChI is InChI=1S/C36H35N2O3.CHF3O3S/c1-23-14-17-27-22-25(16-19-30(27)37(23)3)15-18-26-20-21-38-34(24(26)2)36(39)33(28-10-6-8-12-31(28)40-4)35(38)29-11-7-9-13-32(29)41-5;2-1(3,4)8(5,6)7/h6-13,15-16,18-23H,14,17H2,1-5H3;(H,5,6,7)/q+1;/p-1. The highest BCUT2D eigenvalue weighted by Gasteiger charge is 2.43. The first-order valence-electron chi connectivity index (χ1n) is 15.3. The molecular formula is C37H35F3N2O6S. The largest absolute Gasteiger partial charge is 0.741 e. The zero-order chi connectivity index (χ0) is 35.7. The van der Waals surface area contributed by atoms with E-state index in [1.54, 1.807) is 14.2 Å². The third kappa shape index (κ3) is 6.97. The summed E-state index contributed by atoms with van der Waals surface area (Å²) in [7, 11) is -0.626. The minimum Gasteiger partial charge on any atom is -0.741 e. The average Bonchev–Trinajstić information content (AvgIpc) is 3.37. The second-order valence-corrected chi connectivity index (χ2v) is 13.1. The van der Waals surface area contributed by atoms with Crippen molar-refractivity contribution in [3.8, 4) is 11.5 Å². The average molecular weight is 693 g/mol. The van der Waals surface area contributed by atoms with Gasteiger partial charge in [0.05, 0.1) is 19.8 Å². The van der Waals surface area contributed by atoms with Crippen molar-refractivity contribution < 1.29 is 45.0 Å². The molecule has 3 heterocycles. The molecule has 1 aromatic heterocycles. The summed E-state index contributed by atoms with van der Waals surface area (Å²) < 4.78 is 72.3. The highest BCUT2D eigenvalue weighted by atomic mass is 32.2. The lowest BCUT2D eigenvalue weighted by molar-refractivity contribution is -0.578. The molecule has 0 spiro atoms. The number of para-hydroxylation sites is 2. The molecule has 8 nitrogen and oxygen atoms in total. The number of aromatic nitrogens is 1. The van der Waals surface area contributed by atoms with Crippen LogP contribution in [0.3, 0.4) is 0 Å². The highest BCUT2D eigenvalue weighted by Crippen LogP contribution is 2.40. The van der Waals surface area contributed by atoms with Gasteiger partial charge in [-0.05, 0) is 73.7 Å². The van der Waals surface area contributed by atoms with Gasteiger partial charge >= 0.3 is 5.51 Å². The smallest absolute Gasteiger partial charge is 0.485 e. The van der Waals surface area contributed by atoms with Crippen molar-refractivity contribution >= 4 is 45.0 Å². The van der Waals surface area contributed by atoms with Crippen LogP contribution in [0.2, 0.25) is 0 Å². The molecule has 0 saturated heterocycles. The number of methoxy groups -OCH3 is 2. The van der Waals surface area contributed by atoms with Gasteiger partial charge in [0.1, 0.15) is 17.1 Å². The molecular weight excluding hydrogens is 657 g/mol. The van der Waals surface area contributed by atoms with Gasteiger partial charge in [-0.25, -0.2) is 8.42 Å². The SMILES string of the molecule is COc1ccccc1C1=C(c2ccccc2OC)[n+]2ccc(C=Cc3ccc4c(c3)CCC(C)N4C)c(C)c2C1=O.O=S(=O)([O-])C(F)(F)F. The van der Waals surface area contributed by atoms with E-state index in [9.17, 15) is 18.0 Å². The second-order valence-electron chi connectivity index (χ2n) is 11.7. The summed E-state index contributed by atoms with van der Waals surface area (Å²) in [6, 6.07) is 24.8. The first-order valence-corrected chi connectivity index (χ1v) is 16.8. The van der Waals surface area contributed by atoms with Gasteiger partial charge in [0, 0.05) is 36.0 Å². The maximum atomic E-state index is 14.3. The number of halogens is 3. The summed E-state index contributed by atoms with van der Waals surface area (Å²) in [5.74, 6) is 1.33. The monoisotopic (exact) mass is 692 g/mol. The third-order valence-electron chi connectivity index (χ3n) is 8.81. The van der Waals surface area contributed by atoms with Gasteiger partial charge in [-0.1, -0.05) is 48.6 Å². The number of Topliss-reactive ketones (excluding diaryl/α,β-unsaturated/α-hetero) is 1. The zero-order valence-corrected chi connectivity index (χ0v) is 28.4. The van der Waals surface area contributed by atoms with Crippen molar-refractivity contribution in [3.05, 3.63) is 118 Å². The number of aryl methyl sites for hydroxylation is 1. The number of nitrogens with zero attached hydrogens (tertiary/aromatic N) is 2. The van der Waals surface area contributed by atoms with Crippen LogP contribution in [0.5, 0.6) is 11.5 Å². The lowest BCUT2D eigenvalue weighted by Gasteiger charge is -2.34. The molecule has 4 aromatic rings. The normalized spacial score (nSPS) is 15.9. The summed E-state index contributed by atoms with van der Waals surface area (Å²) in [5, 5.41) is 0. The van der Waals surface area contributed by atoms with Gasteiger partial charge in [0.15, 0.2) is 16.3 Å². The lowest BCUT2D eigenvalue weighted by atomic mass is 9.94. The molecule has 0 amide bonds.